The molecule has 1 aliphatic heterocycles. The molecule has 0 bridgehead atoms. The van der Waals surface area contributed by atoms with Gasteiger partial charge in [-0.1, -0.05) is 12.1 Å². The normalized spacial score (nSPS) is 19.9. The fourth-order valence-electron chi connectivity index (χ4n) is 1.95. The molecule has 92 valence electrons. The predicted molar refractivity (Wildman–Crippen MR) is 66.5 cm³/mol. The minimum Gasteiger partial charge on any atom is -0.399 e. The van der Waals surface area contributed by atoms with Crippen molar-refractivity contribution in [1.82, 2.24) is 5.32 Å². The number of nitrogens with two attached hydrogens (primary N) is 1. The first-order valence-corrected chi connectivity index (χ1v) is 5.95. The van der Waals surface area contributed by atoms with E-state index < -0.39 is 0 Å². The molecule has 1 fully saturated rings. The zero-order valence-corrected chi connectivity index (χ0v) is 9.82. The molecular weight excluding hydrogens is 216 g/mol. The summed E-state index contributed by atoms with van der Waals surface area (Å²) < 4.78 is 5.32. The lowest BCUT2D eigenvalue weighted by Gasteiger charge is -2.23. The van der Waals surface area contributed by atoms with Crippen molar-refractivity contribution in [2.24, 2.45) is 0 Å². The second-order valence-corrected chi connectivity index (χ2v) is 4.40. The highest BCUT2D eigenvalue weighted by Gasteiger charge is 2.15. The number of amides is 1. The Morgan fingerprint density at radius 3 is 2.82 bits per heavy atom. The quantitative estimate of drug-likeness (QED) is 0.770. The largest absolute Gasteiger partial charge is 0.399 e. The molecule has 1 heterocycles. The summed E-state index contributed by atoms with van der Waals surface area (Å²) in [4.78, 5) is 11.8. The monoisotopic (exact) mass is 234 g/mol. The third-order valence-corrected chi connectivity index (χ3v) is 2.87. The summed E-state index contributed by atoms with van der Waals surface area (Å²) in [6.07, 6.45) is 2.43. The molecule has 1 atom stereocenters. The number of rotatable bonds is 3. The Morgan fingerprint density at radius 1 is 1.41 bits per heavy atom. The van der Waals surface area contributed by atoms with Crippen LogP contribution in [0.2, 0.25) is 0 Å². The molecule has 17 heavy (non-hydrogen) atoms. The van der Waals surface area contributed by atoms with Gasteiger partial charge in [-0.3, -0.25) is 4.79 Å². The molecule has 0 aliphatic carbocycles. The molecule has 0 saturated carbocycles. The predicted octanol–water partition coefficient (Wildman–Crippen LogP) is 1.11. The van der Waals surface area contributed by atoms with E-state index in [2.05, 4.69) is 5.32 Å². The van der Waals surface area contributed by atoms with Crippen LogP contribution in [0, 0.1) is 0 Å². The summed E-state index contributed by atoms with van der Waals surface area (Å²) >= 11 is 0. The van der Waals surface area contributed by atoms with Gasteiger partial charge in [0, 0.05) is 12.3 Å². The third-order valence-electron chi connectivity index (χ3n) is 2.87. The molecule has 1 aliphatic rings. The van der Waals surface area contributed by atoms with Gasteiger partial charge in [-0.25, -0.2) is 0 Å². The summed E-state index contributed by atoms with van der Waals surface area (Å²) in [6, 6.07) is 7.56. The van der Waals surface area contributed by atoms with Crippen molar-refractivity contribution in [3.8, 4) is 0 Å². The highest BCUT2D eigenvalue weighted by Crippen LogP contribution is 2.08. The van der Waals surface area contributed by atoms with E-state index in [1.54, 1.807) is 0 Å². The summed E-state index contributed by atoms with van der Waals surface area (Å²) in [6.45, 7) is 1.44. The van der Waals surface area contributed by atoms with Crippen LogP contribution in [-0.4, -0.2) is 25.2 Å². The SMILES string of the molecule is Nc1ccc(CC(=O)NC2CCCOC2)cc1. The average molecular weight is 234 g/mol. The number of benzene rings is 1. The maximum absolute atomic E-state index is 11.8. The van der Waals surface area contributed by atoms with Gasteiger partial charge in [-0.05, 0) is 30.5 Å². The van der Waals surface area contributed by atoms with Crippen molar-refractivity contribution >= 4 is 11.6 Å². The first-order valence-electron chi connectivity index (χ1n) is 5.95. The standard InChI is InChI=1S/C13H18N2O2/c14-11-5-3-10(4-6-11)8-13(16)15-12-2-1-7-17-9-12/h3-6,12H,1-2,7-9,14H2,(H,15,16). The molecule has 2 rings (SSSR count). The number of anilines is 1. The fraction of sp³-hybridized carbons (Fsp3) is 0.462. The second-order valence-electron chi connectivity index (χ2n) is 4.40. The fourth-order valence-corrected chi connectivity index (χ4v) is 1.95. The van der Waals surface area contributed by atoms with Crippen molar-refractivity contribution in [2.45, 2.75) is 25.3 Å². The first kappa shape index (κ1) is 11.9. The van der Waals surface area contributed by atoms with Crippen LogP contribution in [0.3, 0.4) is 0 Å². The summed E-state index contributed by atoms with van der Waals surface area (Å²) in [5, 5.41) is 2.99. The van der Waals surface area contributed by atoms with Crippen LogP contribution in [0.15, 0.2) is 24.3 Å². The van der Waals surface area contributed by atoms with Crippen LogP contribution in [0.5, 0.6) is 0 Å². The third kappa shape index (κ3) is 3.75. The van der Waals surface area contributed by atoms with Crippen molar-refractivity contribution in [3.05, 3.63) is 29.8 Å². The van der Waals surface area contributed by atoms with Gasteiger partial charge in [0.15, 0.2) is 0 Å². The number of hydrogen-bond donors (Lipinski definition) is 2. The summed E-state index contributed by atoms with van der Waals surface area (Å²) in [7, 11) is 0. The van der Waals surface area contributed by atoms with E-state index >= 15 is 0 Å². The van der Waals surface area contributed by atoms with Crippen LogP contribution in [0.1, 0.15) is 18.4 Å². The van der Waals surface area contributed by atoms with E-state index in [1.807, 2.05) is 24.3 Å². The van der Waals surface area contributed by atoms with Gasteiger partial charge in [-0.15, -0.1) is 0 Å². The van der Waals surface area contributed by atoms with Crippen LogP contribution < -0.4 is 11.1 Å². The first-order chi connectivity index (χ1) is 8.24. The number of carbonyl (C=O) groups is 1. The molecule has 4 heteroatoms. The average Bonchev–Trinajstić information content (AvgIpc) is 2.33. The lowest BCUT2D eigenvalue weighted by molar-refractivity contribution is -0.122. The molecule has 1 unspecified atom stereocenters. The van der Waals surface area contributed by atoms with Gasteiger partial charge < -0.3 is 15.8 Å². The van der Waals surface area contributed by atoms with Crippen molar-refractivity contribution in [1.29, 1.82) is 0 Å². The smallest absolute Gasteiger partial charge is 0.224 e. The maximum atomic E-state index is 11.8. The molecule has 3 N–H and O–H groups in total. The number of hydrogen-bond acceptors (Lipinski definition) is 3. The summed E-state index contributed by atoms with van der Waals surface area (Å²) in [5.41, 5.74) is 7.29. The van der Waals surface area contributed by atoms with Crippen molar-refractivity contribution < 1.29 is 9.53 Å². The molecule has 1 saturated heterocycles. The molecule has 0 spiro atoms. The molecule has 1 aromatic rings. The Kier molecular flexibility index (Phi) is 3.98. The van der Waals surface area contributed by atoms with E-state index in [0.717, 1.165) is 30.7 Å². The van der Waals surface area contributed by atoms with Gasteiger partial charge in [0.25, 0.3) is 0 Å². The number of ether oxygens (including phenoxy) is 1. The maximum Gasteiger partial charge on any atom is 0.224 e. The Labute approximate surface area is 101 Å². The Hall–Kier alpha value is -1.55. The minimum atomic E-state index is 0.0465. The molecule has 0 radical (unpaired) electrons. The van der Waals surface area contributed by atoms with E-state index in [-0.39, 0.29) is 11.9 Å². The molecule has 0 aromatic heterocycles. The van der Waals surface area contributed by atoms with Crippen LogP contribution in [0.25, 0.3) is 0 Å². The van der Waals surface area contributed by atoms with Gasteiger partial charge in [-0.2, -0.15) is 0 Å². The molecule has 1 amide bonds. The highest BCUT2D eigenvalue weighted by atomic mass is 16.5. The highest BCUT2D eigenvalue weighted by molar-refractivity contribution is 5.79. The topological polar surface area (TPSA) is 64.4 Å². The Balaban J connectivity index is 1.82. The van der Waals surface area contributed by atoms with Gasteiger partial charge in [0.2, 0.25) is 5.91 Å². The van der Waals surface area contributed by atoms with Crippen molar-refractivity contribution in [2.75, 3.05) is 18.9 Å². The summed E-state index contributed by atoms with van der Waals surface area (Å²) in [5.74, 6) is 0.0465. The minimum absolute atomic E-state index is 0.0465. The zero-order valence-electron chi connectivity index (χ0n) is 9.82. The van der Waals surface area contributed by atoms with E-state index in [1.165, 1.54) is 0 Å². The van der Waals surface area contributed by atoms with E-state index in [4.69, 9.17) is 10.5 Å². The zero-order chi connectivity index (χ0) is 12.1. The van der Waals surface area contributed by atoms with E-state index in [0.29, 0.717) is 13.0 Å². The van der Waals surface area contributed by atoms with Gasteiger partial charge in [0.05, 0.1) is 19.1 Å². The van der Waals surface area contributed by atoms with Crippen LogP contribution >= 0.6 is 0 Å². The molecule has 1 aromatic carbocycles. The Morgan fingerprint density at radius 2 is 2.18 bits per heavy atom. The second kappa shape index (κ2) is 5.68. The molecule has 4 nitrogen and oxygen atoms in total. The lowest BCUT2D eigenvalue weighted by Crippen LogP contribution is -2.41. The number of nitrogen functional groups attached to an aromatic ring is 1. The van der Waals surface area contributed by atoms with Crippen molar-refractivity contribution in [3.63, 3.8) is 0 Å². The van der Waals surface area contributed by atoms with E-state index in [9.17, 15) is 4.79 Å². The number of carbonyl (C=O) groups excluding carboxylic acids is 1. The van der Waals surface area contributed by atoms with Gasteiger partial charge in [0.1, 0.15) is 0 Å². The van der Waals surface area contributed by atoms with Crippen LogP contribution in [-0.2, 0) is 16.0 Å². The van der Waals surface area contributed by atoms with Gasteiger partial charge >= 0.3 is 0 Å². The van der Waals surface area contributed by atoms with Crippen LogP contribution in [0.4, 0.5) is 5.69 Å². The lowest BCUT2D eigenvalue weighted by atomic mass is 10.1. The Bertz CT molecular complexity index is 370. The molecular formula is C13H18N2O2. The number of nitrogens with one attached hydrogen (secondary N) is 1.